The molecule has 0 radical (unpaired) electrons. The summed E-state index contributed by atoms with van der Waals surface area (Å²) in [4.78, 5) is 23.4. The van der Waals surface area contributed by atoms with Crippen LogP contribution in [0.3, 0.4) is 0 Å². The molecular formula is C18H22FN3O3. The highest BCUT2D eigenvalue weighted by Crippen LogP contribution is 2.39. The number of carbonyl (C=O) groups is 2. The van der Waals surface area contributed by atoms with Gasteiger partial charge in [0.05, 0.1) is 5.52 Å². The number of hydrogen-bond acceptors (Lipinski definition) is 4. The van der Waals surface area contributed by atoms with Gasteiger partial charge in [0.1, 0.15) is 11.5 Å². The van der Waals surface area contributed by atoms with E-state index in [9.17, 15) is 9.18 Å². The highest BCUT2D eigenvalue weighted by molar-refractivity contribution is 6.05. The number of piperidine rings is 1. The first-order valence-electron chi connectivity index (χ1n) is 8.50. The number of nitrogens with one attached hydrogen (secondary N) is 1. The van der Waals surface area contributed by atoms with E-state index in [0.29, 0.717) is 41.0 Å². The van der Waals surface area contributed by atoms with E-state index in [1.807, 2.05) is 0 Å². The zero-order valence-corrected chi connectivity index (χ0v) is 14.1. The highest BCUT2D eigenvalue weighted by atomic mass is 19.1. The number of aromatic nitrogens is 2. The zero-order chi connectivity index (χ0) is 18.0. The molecule has 4 rings (SSSR count). The van der Waals surface area contributed by atoms with Crippen molar-refractivity contribution in [1.82, 2.24) is 15.1 Å². The molecule has 134 valence electrons. The Labute approximate surface area is 145 Å². The number of aromatic amines is 1. The van der Waals surface area contributed by atoms with Crippen LogP contribution in [0.15, 0.2) is 18.2 Å². The van der Waals surface area contributed by atoms with Gasteiger partial charge in [-0.05, 0) is 56.8 Å². The third-order valence-corrected chi connectivity index (χ3v) is 5.46. The molecule has 2 aliphatic heterocycles. The normalized spacial score (nSPS) is 25.4. The zero-order valence-electron chi connectivity index (χ0n) is 14.1. The molecule has 0 aliphatic carbocycles. The van der Waals surface area contributed by atoms with Gasteiger partial charge in [-0.3, -0.25) is 14.7 Å². The average molecular weight is 347 g/mol. The summed E-state index contributed by atoms with van der Waals surface area (Å²) in [6.45, 7) is -0.250. The summed E-state index contributed by atoms with van der Waals surface area (Å²) in [6, 6.07) is 5.66. The Bertz CT molecular complexity index is 762. The summed E-state index contributed by atoms with van der Waals surface area (Å²) < 4.78 is 13.4. The lowest BCUT2D eigenvalue weighted by molar-refractivity contribution is -0.122. The second-order valence-corrected chi connectivity index (χ2v) is 6.88. The molecule has 2 aliphatic rings. The molecule has 1 aromatic heterocycles. The van der Waals surface area contributed by atoms with E-state index in [2.05, 4.69) is 22.1 Å². The molecule has 2 fully saturated rings. The number of Topliss-reactive ketones (excluding diaryl/α,β-unsaturated/α-hetero) is 1. The first-order valence-corrected chi connectivity index (χ1v) is 8.50. The largest absolute Gasteiger partial charge is 0.483 e. The molecule has 3 heterocycles. The lowest BCUT2D eigenvalue weighted by atomic mass is 9.86. The molecule has 2 unspecified atom stereocenters. The molecule has 2 aromatic rings. The van der Waals surface area contributed by atoms with Crippen LogP contribution in [0.1, 0.15) is 42.6 Å². The predicted molar refractivity (Wildman–Crippen MR) is 91.0 cm³/mol. The van der Waals surface area contributed by atoms with Gasteiger partial charge in [0.25, 0.3) is 6.47 Å². The Morgan fingerprint density at radius 3 is 2.68 bits per heavy atom. The molecule has 2 atom stereocenters. The van der Waals surface area contributed by atoms with Gasteiger partial charge < -0.3 is 10.0 Å². The van der Waals surface area contributed by atoms with Crippen LogP contribution in [0, 0.1) is 11.7 Å². The van der Waals surface area contributed by atoms with Crippen LogP contribution < -0.4 is 0 Å². The maximum Gasteiger partial charge on any atom is 0.290 e. The van der Waals surface area contributed by atoms with Gasteiger partial charge in [0, 0.05) is 23.9 Å². The first kappa shape index (κ1) is 17.5. The standard InChI is InChI=1S/C17H20FN3O.CH2O2/c1-21-12-3-4-13(21)7-10(6-12)8-16(22)17-14-9-11(18)2-5-15(14)19-20-17;2-1-3/h2,5,9-10,12-13H,3-4,6-8H2,1H3,(H,19,20);1H,(H,2,3). The van der Waals surface area contributed by atoms with E-state index >= 15 is 0 Å². The Hall–Kier alpha value is -2.28. The number of H-pyrrole nitrogens is 1. The van der Waals surface area contributed by atoms with E-state index in [1.165, 1.54) is 25.0 Å². The van der Waals surface area contributed by atoms with Crippen LogP contribution in [-0.4, -0.2) is 51.6 Å². The molecule has 2 saturated heterocycles. The fourth-order valence-electron chi connectivity index (χ4n) is 4.25. The molecule has 0 spiro atoms. The van der Waals surface area contributed by atoms with Crippen molar-refractivity contribution in [1.29, 1.82) is 0 Å². The lowest BCUT2D eigenvalue weighted by Gasteiger charge is -2.36. The topological polar surface area (TPSA) is 86.3 Å². The number of ketones is 1. The maximum atomic E-state index is 13.4. The Kier molecular flexibility index (Phi) is 5.13. The van der Waals surface area contributed by atoms with Gasteiger partial charge in [-0.25, -0.2) is 4.39 Å². The second kappa shape index (κ2) is 7.31. The minimum Gasteiger partial charge on any atom is -0.483 e. The van der Waals surface area contributed by atoms with Crippen LogP contribution >= 0.6 is 0 Å². The molecule has 1 aromatic carbocycles. The lowest BCUT2D eigenvalue weighted by Crippen LogP contribution is -2.40. The number of benzene rings is 1. The molecule has 25 heavy (non-hydrogen) atoms. The summed E-state index contributed by atoms with van der Waals surface area (Å²) in [5.41, 5.74) is 1.11. The summed E-state index contributed by atoms with van der Waals surface area (Å²) in [5, 5.41) is 14.4. The van der Waals surface area contributed by atoms with E-state index in [0.717, 1.165) is 12.8 Å². The molecule has 0 amide bonds. The third kappa shape index (κ3) is 3.56. The van der Waals surface area contributed by atoms with Crippen molar-refractivity contribution < 1.29 is 19.1 Å². The fourth-order valence-corrected chi connectivity index (χ4v) is 4.25. The van der Waals surface area contributed by atoms with Gasteiger partial charge in [0.2, 0.25) is 0 Å². The number of halogens is 1. The van der Waals surface area contributed by atoms with Crippen molar-refractivity contribution in [2.75, 3.05) is 7.05 Å². The summed E-state index contributed by atoms with van der Waals surface area (Å²) >= 11 is 0. The van der Waals surface area contributed by atoms with Crippen molar-refractivity contribution in [3.8, 4) is 0 Å². The number of rotatable bonds is 3. The van der Waals surface area contributed by atoms with E-state index in [-0.39, 0.29) is 18.1 Å². The highest BCUT2D eigenvalue weighted by Gasteiger charge is 2.39. The summed E-state index contributed by atoms with van der Waals surface area (Å²) in [6.07, 6.45) is 5.22. The minimum atomic E-state index is -0.333. The third-order valence-electron chi connectivity index (χ3n) is 5.46. The molecule has 2 N–H and O–H groups in total. The Morgan fingerprint density at radius 2 is 2.04 bits per heavy atom. The van der Waals surface area contributed by atoms with Crippen LogP contribution in [0.4, 0.5) is 4.39 Å². The van der Waals surface area contributed by atoms with Crippen LogP contribution in [0.5, 0.6) is 0 Å². The monoisotopic (exact) mass is 347 g/mol. The fraction of sp³-hybridized carbons (Fsp3) is 0.500. The van der Waals surface area contributed by atoms with E-state index in [1.54, 1.807) is 6.07 Å². The quantitative estimate of drug-likeness (QED) is 0.659. The molecule has 0 saturated carbocycles. The molecule has 2 bridgehead atoms. The van der Waals surface area contributed by atoms with Crippen molar-refractivity contribution in [2.24, 2.45) is 5.92 Å². The van der Waals surface area contributed by atoms with Gasteiger partial charge in [-0.15, -0.1) is 0 Å². The Balaban J connectivity index is 0.000000569. The second-order valence-electron chi connectivity index (χ2n) is 6.88. The van der Waals surface area contributed by atoms with E-state index < -0.39 is 0 Å². The molecular weight excluding hydrogens is 325 g/mol. The minimum absolute atomic E-state index is 0.0332. The first-order chi connectivity index (χ1) is 12.0. The predicted octanol–water partition coefficient (Wildman–Crippen LogP) is 2.85. The maximum absolute atomic E-state index is 13.4. The molecule has 7 heteroatoms. The van der Waals surface area contributed by atoms with E-state index in [4.69, 9.17) is 9.90 Å². The van der Waals surface area contributed by atoms with Crippen molar-refractivity contribution >= 4 is 23.2 Å². The summed E-state index contributed by atoms with van der Waals surface area (Å²) in [7, 11) is 2.20. The average Bonchev–Trinajstić information content (AvgIpc) is 3.05. The summed E-state index contributed by atoms with van der Waals surface area (Å²) in [5.74, 6) is 0.132. The van der Waals surface area contributed by atoms with Gasteiger partial charge in [0.15, 0.2) is 5.78 Å². The SMILES string of the molecule is CN1C2CCC1CC(CC(=O)c1n[nH]c3ccc(F)cc13)C2.O=CO. The number of fused-ring (bicyclic) bond motifs is 3. The van der Waals surface area contributed by atoms with Crippen molar-refractivity contribution in [2.45, 2.75) is 44.2 Å². The van der Waals surface area contributed by atoms with Crippen LogP contribution in [0.2, 0.25) is 0 Å². The van der Waals surface area contributed by atoms with Crippen molar-refractivity contribution in [3.05, 3.63) is 29.7 Å². The van der Waals surface area contributed by atoms with Gasteiger partial charge >= 0.3 is 0 Å². The number of nitrogens with zero attached hydrogens (tertiary/aromatic N) is 2. The Morgan fingerprint density at radius 1 is 1.40 bits per heavy atom. The smallest absolute Gasteiger partial charge is 0.290 e. The number of carboxylic acid groups (broad SMARTS) is 1. The van der Waals surface area contributed by atoms with Crippen LogP contribution in [0.25, 0.3) is 10.9 Å². The van der Waals surface area contributed by atoms with Gasteiger partial charge in [-0.1, -0.05) is 0 Å². The molecule has 6 nitrogen and oxygen atoms in total. The van der Waals surface area contributed by atoms with Crippen LogP contribution in [-0.2, 0) is 4.79 Å². The van der Waals surface area contributed by atoms with Crippen molar-refractivity contribution in [3.63, 3.8) is 0 Å². The van der Waals surface area contributed by atoms with Gasteiger partial charge in [-0.2, -0.15) is 5.10 Å². The number of carbonyl (C=O) groups excluding carboxylic acids is 1. The number of hydrogen-bond donors (Lipinski definition) is 2.